The number of nitriles is 1. The zero-order chi connectivity index (χ0) is 17.7. The first-order chi connectivity index (χ1) is 11.3. The van der Waals surface area contributed by atoms with Gasteiger partial charge in [-0.05, 0) is 48.4 Å². The molecule has 2 rings (SSSR count). The van der Waals surface area contributed by atoms with E-state index in [1.54, 1.807) is 25.1 Å². The number of alkyl halides is 3. The van der Waals surface area contributed by atoms with Crippen LogP contribution in [0.25, 0.3) is 5.57 Å². The molecule has 0 fully saturated rings. The van der Waals surface area contributed by atoms with Gasteiger partial charge in [0.1, 0.15) is 0 Å². The molecule has 0 bridgehead atoms. The van der Waals surface area contributed by atoms with E-state index in [0.717, 1.165) is 12.1 Å². The number of carbonyl (C=O) groups is 1. The number of ketones is 1. The van der Waals surface area contributed by atoms with Crippen molar-refractivity contribution in [2.24, 2.45) is 0 Å². The number of benzene rings is 1. The van der Waals surface area contributed by atoms with E-state index in [9.17, 15) is 23.2 Å². The Morgan fingerprint density at radius 3 is 2.38 bits per heavy atom. The molecule has 0 aliphatic carbocycles. The highest BCUT2D eigenvalue weighted by Crippen LogP contribution is 2.30. The van der Waals surface area contributed by atoms with Gasteiger partial charge < -0.3 is 0 Å². The first-order valence-electron chi connectivity index (χ1n) is 7.03. The Bertz CT molecular complexity index is 788. The van der Waals surface area contributed by atoms with Crippen molar-refractivity contribution < 1.29 is 18.0 Å². The Balaban J connectivity index is 2.23. The van der Waals surface area contributed by atoms with Crippen molar-refractivity contribution in [3.05, 3.63) is 71.6 Å². The van der Waals surface area contributed by atoms with Crippen LogP contribution in [0.15, 0.2) is 54.7 Å². The fourth-order valence-corrected chi connectivity index (χ4v) is 2.12. The van der Waals surface area contributed by atoms with Gasteiger partial charge >= 0.3 is 6.18 Å². The minimum Gasteiger partial charge on any atom is -0.293 e. The van der Waals surface area contributed by atoms with Crippen LogP contribution >= 0.6 is 0 Å². The van der Waals surface area contributed by atoms with Crippen LogP contribution in [-0.2, 0) is 11.0 Å². The molecule has 1 heterocycles. The van der Waals surface area contributed by atoms with E-state index < -0.39 is 23.4 Å². The average Bonchev–Trinajstić information content (AvgIpc) is 2.56. The molecule has 3 nitrogen and oxygen atoms in total. The van der Waals surface area contributed by atoms with E-state index in [0.29, 0.717) is 16.8 Å². The third kappa shape index (κ3) is 4.07. The largest absolute Gasteiger partial charge is 0.416 e. The molecule has 2 aromatic rings. The number of allylic oxidation sites excluding steroid dienone is 2. The van der Waals surface area contributed by atoms with E-state index in [1.165, 1.54) is 24.4 Å². The summed E-state index contributed by atoms with van der Waals surface area (Å²) < 4.78 is 37.7. The number of hydrogen-bond acceptors (Lipinski definition) is 3. The maximum atomic E-state index is 12.6. The lowest BCUT2D eigenvalue weighted by molar-refractivity contribution is -0.137. The highest BCUT2D eigenvalue weighted by Gasteiger charge is 2.30. The molecule has 0 saturated heterocycles. The SMILES string of the molecule is C/C(=C/C(=O)C(C#N)c1ccccn1)c1ccc(C(F)(F)F)cc1. The first kappa shape index (κ1) is 17.4. The quantitative estimate of drug-likeness (QED) is 0.782. The van der Waals surface area contributed by atoms with Crippen LogP contribution in [0.5, 0.6) is 0 Å². The molecule has 1 aromatic heterocycles. The molecule has 122 valence electrons. The summed E-state index contributed by atoms with van der Waals surface area (Å²) in [5.74, 6) is -1.51. The second-order valence-corrected chi connectivity index (χ2v) is 5.12. The van der Waals surface area contributed by atoms with Crippen LogP contribution in [0.3, 0.4) is 0 Å². The second kappa shape index (κ2) is 7.09. The lowest BCUT2D eigenvalue weighted by Gasteiger charge is -2.09. The molecular formula is C18H13F3N2O. The number of halogens is 3. The molecular weight excluding hydrogens is 317 g/mol. The number of aromatic nitrogens is 1. The zero-order valence-electron chi connectivity index (χ0n) is 12.7. The van der Waals surface area contributed by atoms with Gasteiger partial charge in [0.15, 0.2) is 11.7 Å². The lowest BCUT2D eigenvalue weighted by atomic mass is 9.97. The maximum Gasteiger partial charge on any atom is 0.416 e. The van der Waals surface area contributed by atoms with Crippen LogP contribution in [0.4, 0.5) is 13.2 Å². The van der Waals surface area contributed by atoms with E-state index in [2.05, 4.69) is 4.98 Å². The smallest absolute Gasteiger partial charge is 0.293 e. The molecule has 0 spiro atoms. The topological polar surface area (TPSA) is 53.8 Å². The third-order valence-electron chi connectivity index (χ3n) is 3.42. The molecule has 1 aromatic carbocycles. The summed E-state index contributed by atoms with van der Waals surface area (Å²) in [6.45, 7) is 1.60. The fraction of sp³-hybridized carbons (Fsp3) is 0.167. The average molecular weight is 330 g/mol. The summed E-state index contributed by atoms with van der Waals surface area (Å²) in [4.78, 5) is 16.3. The van der Waals surface area contributed by atoms with E-state index in [1.807, 2.05) is 6.07 Å². The minimum atomic E-state index is -4.41. The maximum absolute atomic E-state index is 12.6. The van der Waals surface area contributed by atoms with E-state index in [-0.39, 0.29) is 0 Å². The Hall–Kier alpha value is -2.94. The van der Waals surface area contributed by atoms with Crippen molar-refractivity contribution in [1.29, 1.82) is 5.26 Å². The number of nitrogens with zero attached hydrogens (tertiary/aromatic N) is 2. The molecule has 0 radical (unpaired) electrons. The van der Waals surface area contributed by atoms with Crippen molar-refractivity contribution in [2.45, 2.75) is 19.0 Å². The predicted octanol–water partition coefficient (Wildman–Crippen LogP) is 4.38. The predicted molar refractivity (Wildman–Crippen MR) is 82.7 cm³/mol. The van der Waals surface area contributed by atoms with Gasteiger partial charge in [-0.15, -0.1) is 0 Å². The molecule has 0 saturated carbocycles. The molecule has 0 aliphatic rings. The fourth-order valence-electron chi connectivity index (χ4n) is 2.12. The van der Waals surface area contributed by atoms with Gasteiger partial charge in [-0.1, -0.05) is 18.2 Å². The normalized spacial score (nSPS) is 13.2. The Labute approximate surface area is 137 Å². The van der Waals surface area contributed by atoms with Crippen molar-refractivity contribution in [1.82, 2.24) is 4.98 Å². The van der Waals surface area contributed by atoms with Gasteiger partial charge in [0, 0.05) is 6.20 Å². The minimum absolute atomic E-state index is 0.335. The molecule has 0 amide bonds. The van der Waals surface area contributed by atoms with Crippen LogP contribution in [0.1, 0.15) is 29.7 Å². The highest BCUT2D eigenvalue weighted by atomic mass is 19.4. The zero-order valence-corrected chi connectivity index (χ0v) is 12.7. The number of rotatable bonds is 4. The molecule has 0 N–H and O–H groups in total. The van der Waals surface area contributed by atoms with Crippen molar-refractivity contribution >= 4 is 11.4 Å². The van der Waals surface area contributed by atoms with Gasteiger partial charge in [0.25, 0.3) is 0 Å². The second-order valence-electron chi connectivity index (χ2n) is 5.12. The molecule has 6 heteroatoms. The number of carbonyl (C=O) groups excluding carboxylic acids is 1. The summed E-state index contributed by atoms with van der Waals surface area (Å²) in [6, 6.07) is 11.3. The van der Waals surface area contributed by atoms with Crippen molar-refractivity contribution in [3.8, 4) is 6.07 Å². The third-order valence-corrected chi connectivity index (χ3v) is 3.42. The lowest BCUT2D eigenvalue weighted by Crippen LogP contribution is -2.10. The monoisotopic (exact) mass is 330 g/mol. The summed E-state index contributed by atoms with van der Waals surface area (Å²) in [5, 5.41) is 9.19. The molecule has 1 atom stereocenters. The Morgan fingerprint density at radius 2 is 1.88 bits per heavy atom. The number of hydrogen-bond donors (Lipinski definition) is 0. The summed E-state index contributed by atoms with van der Waals surface area (Å²) >= 11 is 0. The Morgan fingerprint density at radius 1 is 1.21 bits per heavy atom. The van der Waals surface area contributed by atoms with Crippen molar-refractivity contribution in [2.75, 3.05) is 0 Å². The molecule has 0 aliphatic heterocycles. The van der Waals surface area contributed by atoms with E-state index >= 15 is 0 Å². The standard InChI is InChI=1S/C18H13F3N2O/c1-12(13-5-7-14(8-6-13)18(19,20)21)10-17(24)15(11-22)16-4-2-3-9-23-16/h2-10,15H,1H3/b12-10-. The Kier molecular flexibility index (Phi) is 5.14. The van der Waals surface area contributed by atoms with Gasteiger partial charge in [0.2, 0.25) is 0 Å². The summed E-state index contributed by atoms with van der Waals surface area (Å²) in [6.07, 6.45) is -1.67. The van der Waals surface area contributed by atoms with E-state index in [4.69, 9.17) is 0 Å². The first-order valence-corrected chi connectivity index (χ1v) is 7.03. The highest BCUT2D eigenvalue weighted by molar-refractivity contribution is 6.02. The van der Waals surface area contributed by atoms with Gasteiger partial charge in [-0.25, -0.2) is 0 Å². The van der Waals surface area contributed by atoms with Gasteiger partial charge in [-0.3, -0.25) is 9.78 Å². The van der Waals surface area contributed by atoms with Crippen LogP contribution in [-0.4, -0.2) is 10.8 Å². The summed E-state index contributed by atoms with van der Waals surface area (Å²) in [5.41, 5.74) is 0.536. The summed E-state index contributed by atoms with van der Waals surface area (Å²) in [7, 11) is 0. The van der Waals surface area contributed by atoms with Gasteiger partial charge in [0.05, 0.1) is 17.3 Å². The van der Waals surface area contributed by atoms with Crippen molar-refractivity contribution in [3.63, 3.8) is 0 Å². The molecule has 1 unspecified atom stereocenters. The number of pyridine rings is 1. The van der Waals surface area contributed by atoms with Crippen LogP contribution in [0.2, 0.25) is 0 Å². The van der Waals surface area contributed by atoms with Crippen LogP contribution in [0, 0.1) is 11.3 Å². The van der Waals surface area contributed by atoms with Crippen LogP contribution < -0.4 is 0 Å². The molecule has 24 heavy (non-hydrogen) atoms. The van der Waals surface area contributed by atoms with Gasteiger partial charge in [-0.2, -0.15) is 18.4 Å².